The Balaban J connectivity index is 1.70. The highest BCUT2D eigenvalue weighted by Gasteiger charge is 2.24. The van der Waals surface area contributed by atoms with Gasteiger partial charge in [-0.05, 0) is 68.1 Å². The summed E-state index contributed by atoms with van der Waals surface area (Å²) in [7, 11) is 0. The topological polar surface area (TPSA) is 35.0 Å². The van der Waals surface area contributed by atoms with Crippen LogP contribution in [0.25, 0.3) is 11.4 Å². The molecule has 3 nitrogen and oxygen atoms in total. The lowest BCUT2D eigenvalue weighted by Crippen LogP contribution is -2.14. The van der Waals surface area contributed by atoms with E-state index in [-0.39, 0.29) is 16.4 Å². The minimum Gasteiger partial charge on any atom is -0.431 e. The molecule has 0 N–H and O–H groups in total. The average molecular weight is 425 g/mol. The molecule has 3 rings (SSSR count). The number of nitrogens with zero attached hydrogens (tertiary/aromatic N) is 2. The van der Waals surface area contributed by atoms with Crippen LogP contribution in [0.3, 0.4) is 0 Å². The molecule has 7 heteroatoms. The summed E-state index contributed by atoms with van der Waals surface area (Å²) in [5.41, 5.74) is 1.06. The summed E-state index contributed by atoms with van der Waals surface area (Å²) in [5.74, 6) is -0.416. The molecule has 0 atom stereocenters. The van der Waals surface area contributed by atoms with Crippen LogP contribution >= 0.6 is 11.6 Å². The van der Waals surface area contributed by atoms with E-state index in [9.17, 15) is 13.2 Å². The predicted molar refractivity (Wildman–Crippen MR) is 108 cm³/mol. The van der Waals surface area contributed by atoms with Crippen molar-refractivity contribution in [1.29, 1.82) is 0 Å². The van der Waals surface area contributed by atoms with E-state index in [0.717, 1.165) is 30.7 Å². The number of allylic oxidation sites excluding steroid dienone is 1. The molecular formula is C22H24ClF3N2O. The number of hydrogen-bond acceptors (Lipinski definition) is 3. The third-order valence-corrected chi connectivity index (χ3v) is 5.80. The van der Waals surface area contributed by atoms with E-state index in [1.807, 2.05) is 6.08 Å². The second kappa shape index (κ2) is 10.1. The molecule has 1 aromatic carbocycles. The van der Waals surface area contributed by atoms with Gasteiger partial charge in [0.25, 0.3) is 0 Å². The molecular weight excluding hydrogens is 401 g/mol. The quantitative estimate of drug-likeness (QED) is 0.333. The summed E-state index contributed by atoms with van der Waals surface area (Å²) in [6, 6.07) is 2.65. The summed E-state index contributed by atoms with van der Waals surface area (Å²) >= 11 is 5.69. The number of hydrogen-bond donors (Lipinski definition) is 0. The van der Waals surface area contributed by atoms with Crippen molar-refractivity contribution in [3.63, 3.8) is 0 Å². The fourth-order valence-corrected chi connectivity index (χ4v) is 4.08. The molecule has 0 unspecified atom stereocenters. The fourth-order valence-electron chi connectivity index (χ4n) is 3.94. The number of aromatic nitrogens is 2. The second-order valence-corrected chi connectivity index (χ2v) is 7.80. The summed E-state index contributed by atoms with van der Waals surface area (Å²) in [6.45, 7) is 0.588. The molecule has 0 amide bonds. The number of unbranched alkanes of at least 4 members (excludes halogenated alkanes) is 1. The van der Waals surface area contributed by atoms with Gasteiger partial charge in [-0.15, -0.1) is 6.58 Å². The molecule has 0 bridgehead atoms. The molecule has 0 spiro atoms. The lowest BCUT2D eigenvalue weighted by atomic mass is 9.77. The van der Waals surface area contributed by atoms with E-state index < -0.39 is 18.2 Å². The Bertz CT molecular complexity index is 822. The van der Waals surface area contributed by atoms with Gasteiger partial charge in [0.1, 0.15) is 0 Å². The van der Waals surface area contributed by atoms with Crippen molar-refractivity contribution >= 4 is 11.6 Å². The summed E-state index contributed by atoms with van der Waals surface area (Å²) in [6.07, 6.45) is 13.4. The molecule has 1 aliphatic carbocycles. The first kappa shape index (κ1) is 21.6. The van der Waals surface area contributed by atoms with Crippen molar-refractivity contribution in [2.45, 2.75) is 57.5 Å². The third kappa shape index (κ3) is 5.50. The lowest BCUT2D eigenvalue weighted by molar-refractivity contribution is -0.0517. The Labute approximate surface area is 174 Å². The lowest BCUT2D eigenvalue weighted by Gasteiger charge is -2.28. The Kier molecular flexibility index (Phi) is 7.53. The Morgan fingerprint density at radius 2 is 1.86 bits per heavy atom. The van der Waals surface area contributed by atoms with E-state index in [2.05, 4.69) is 21.3 Å². The van der Waals surface area contributed by atoms with Gasteiger partial charge < -0.3 is 4.74 Å². The summed E-state index contributed by atoms with van der Waals surface area (Å²) in [5, 5.41) is -0.300. The Morgan fingerprint density at radius 1 is 1.17 bits per heavy atom. The smallest absolute Gasteiger partial charge is 0.387 e. The zero-order valence-electron chi connectivity index (χ0n) is 16.1. The molecule has 1 aliphatic rings. The molecule has 0 aliphatic heterocycles. The third-order valence-electron chi connectivity index (χ3n) is 5.51. The highest BCUT2D eigenvalue weighted by Crippen LogP contribution is 2.39. The van der Waals surface area contributed by atoms with Gasteiger partial charge in [0, 0.05) is 12.4 Å². The van der Waals surface area contributed by atoms with Crippen LogP contribution < -0.4 is 4.74 Å². The molecule has 2 aromatic rings. The molecule has 29 heavy (non-hydrogen) atoms. The fraction of sp³-hybridized carbons (Fsp3) is 0.455. The van der Waals surface area contributed by atoms with Crippen molar-refractivity contribution in [3.05, 3.63) is 53.6 Å². The van der Waals surface area contributed by atoms with E-state index in [4.69, 9.17) is 11.6 Å². The van der Waals surface area contributed by atoms with E-state index in [1.165, 1.54) is 37.8 Å². The van der Waals surface area contributed by atoms with Crippen molar-refractivity contribution < 1.29 is 17.9 Å². The first-order valence-corrected chi connectivity index (χ1v) is 10.2. The zero-order chi connectivity index (χ0) is 20.8. The summed E-state index contributed by atoms with van der Waals surface area (Å²) < 4.78 is 43.9. The largest absolute Gasteiger partial charge is 0.431 e. The molecule has 1 aromatic heterocycles. The van der Waals surface area contributed by atoms with Crippen molar-refractivity contribution in [2.24, 2.45) is 5.92 Å². The van der Waals surface area contributed by atoms with Gasteiger partial charge in [-0.1, -0.05) is 24.1 Å². The minimum absolute atomic E-state index is 0.0460. The van der Waals surface area contributed by atoms with Crippen LogP contribution in [0.4, 0.5) is 13.2 Å². The van der Waals surface area contributed by atoms with Gasteiger partial charge in [0.15, 0.2) is 17.4 Å². The number of benzene rings is 1. The maximum atomic E-state index is 14.2. The molecule has 0 radical (unpaired) electrons. The van der Waals surface area contributed by atoms with Gasteiger partial charge >= 0.3 is 6.61 Å². The highest BCUT2D eigenvalue weighted by atomic mass is 35.5. The monoisotopic (exact) mass is 424 g/mol. The zero-order valence-corrected chi connectivity index (χ0v) is 16.8. The summed E-state index contributed by atoms with van der Waals surface area (Å²) in [4.78, 5) is 8.57. The van der Waals surface area contributed by atoms with E-state index in [1.54, 1.807) is 12.4 Å². The van der Waals surface area contributed by atoms with Crippen LogP contribution in [0, 0.1) is 11.7 Å². The standard InChI is InChI=1S/C22H24ClF3N2O/c1-2-3-4-5-14-6-8-15(9-7-14)16-12-27-21(28-13-16)17-10-11-18(23)19(24)20(17)29-22(25)26/h2,10-15,22H,1,3-9H2. The molecule has 1 heterocycles. The van der Waals surface area contributed by atoms with Crippen LogP contribution in [0.2, 0.25) is 5.02 Å². The van der Waals surface area contributed by atoms with Gasteiger partial charge in [-0.25, -0.2) is 14.4 Å². The molecule has 156 valence electrons. The number of alkyl halides is 2. The van der Waals surface area contributed by atoms with Gasteiger partial charge in [0.2, 0.25) is 0 Å². The van der Waals surface area contributed by atoms with Crippen molar-refractivity contribution in [1.82, 2.24) is 9.97 Å². The molecule has 1 fully saturated rings. The molecule has 1 saturated carbocycles. The Morgan fingerprint density at radius 3 is 2.48 bits per heavy atom. The highest BCUT2D eigenvalue weighted by molar-refractivity contribution is 6.31. The van der Waals surface area contributed by atoms with Crippen LogP contribution in [-0.4, -0.2) is 16.6 Å². The first-order valence-electron chi connectivity index (χ1n) is 9.85. The van der Waals surface area contributed by atoms with E-state index >= 15 is 0 Å². The van der Waals surface area contributed by atoms with Gasteiger partial charge in [0.05, 0.1) is 10.6 Å². The maximum Gasteiger partial charge on any atom is 0.387 e. The SMILES string of the molecule is C=CCCCC1CCC(c2cnc(-c3ccc(Cl)c(F)c3OC(F)F)nc2)CC1. The first-order chi connectivity index (χ1) is 14.0. The molecule has 0 saturated heterocycles. The number of halogens is 4. The second-order valence-electron chi connectivity index (χ2n) is 7.39. The van der Waals surface area contributed by atoms with Gasteiger partial charge in [-0.3, -0.25) is 0 Å². The van der Waals surface area contributed by atoms with Crippen LogP contribution in [0.15, 0.2) is 37.2 Å². The number of rotatable bonds is 8. The van der Waals surface area contributed by atoms with Crippen LogP contribution in [-0.2, 0) is 0 Å². The maximum absolute atomic E-state index is 14.2. The minimum atomic E-state index is -3.18. The van der Waals surface area contributed by atoms with Gasteiger partial charge in [-0.2, -0.15) is 8.78 Å². The predicted octanol–water partition coefficient (Wildman–Crippen LogP) is 7.17. The van der Waals surface area contributed by atoms with Crippen molar-refractivity contribution in [3.8, 4) is 17.1 Å². The van der Waals surface area contributed by atoms with E-state index in [0.29, 0.717) is 5.92 Å². The Hall–Kier alpha value is -2.08. The van der Waals surface area contributed by atoms with Crippen LogP contribution in [0.1, 0.15) is 56.4 Å². The normalized spacial score (nSPS) is 19.3. The number of ether oxygens (including phenoxy) is 1. The van der Waals surface area contributed by atoms with Crippen molar-refractivity contribution in [2.75, 3.05) is 0 Å². The average Bonchev–Trinajstić information content (AvgIpc) is 2.72. The van der Waals surface area contributed by atoms with Crippen LogP contribution in [0.5, 0.6) is 5.75 Å².